The van der Waals surface area contributed by atoms with Crippen molar-refractivity contribution in [2.45, 2.75) is 26.8 Å². The molecule has 114 valence electrons. The summed E-state index contributed by atoms with van der Waals surface area (Å²) in [5, 5.41) is 6.57. The molecule has 0 aliphatic carbocycles. The van der Waals surface area contributed by atoms with Gasteiger partial charge in [-0.2, -0.15) is 0 Å². The fourth-order valence-corrected chi connectivity index (χ4v) is 3.36. The van der Waals surface area contributed by atoms with Crippen LogP contribution in [0.15, 0.2) is 28.7 Å². The Labute approximate surface area is 134 Å². The van der Waals surface area contributed by atoms with E-state index in [2.05, 4.69) is 46.7 Å². The van der Waals surface area contributed by atoms with Gasteiger partial charge in [-0.15, -0.1) is 22.7 Å². The number of aromatic nitrogens is 1. The number of hydrogen-bond acceptors (Lipinski definition) is 4. The Kier molecular flexibility index (Phi) is 6.20. The van der Waals surface area contributed by atoms with Crippen LogP contribution in [0.5, 0.6) is 0 Å². The quantitative estimate of drug-likeness (QED) is 0.656. The highest BCUT2D eigenvalue weighted by molar-refractivity contribution is 7.11. The van der Waals surface area contributed by atoms with Gasteiger partial charge in [-0.3, -0.25) is 0 Å². The van der Waals surface area contributed by atoms with Crippen LogP contribution in [0.3, 0.4) is 0 Å². The maximum absolute atomic E-state index is 4.70. The maximum atomic E-state index is 4.70. The van der Waals surface area contributed by atoms with E-state index in [-0.39, 0.29) is 0 Å². The Balaban J connectivity index is 1.92. The van der Waals surface area contributed by atoms with Gasteiger partial charge in [-0.05, 0) is 31.7 Å². The number of likely N-dealkylation sites (N-methyl/N-ethyl adjacent to an activating group) is 1. The van der Waals surface area contributed by atoms with Gasteiger partial charge < -0.3 is 10.2 Å². The number of nitrogens with one attached hydrogen (secondary N) is 1. The molecule has 21 heavy (non-hydrogen) atoms. The molecule has 0 radical (unpaired) electrons. The topological polar surface area (TPSA) is 40.5 Å². The highest BCUT2D eigenvalue weighted by atomic mass is 32.1. The summed E-state index contributed by atoms with van der Waals surface area (Å²) in [5.74, 6) is 0.958. The summed E-state index contributed by atoms with van der Waals surface area (Å²) in [6.45, 7) is 6.66. The van der Waals surface area contributed by atoms with Gasteiger partial charge in [-0.1, -0.05) is 6.07 Å². The average molecular weight is 323 g/mol. The zero-order valence-corrected chi connectivity index (χ0v) is 14.4. The molecule has 0 aromatic carbocycles. The zero-order chi connectivity index (χ0) is 15.1. The Morgan fingerprint density at radius 3 is 2.90 bits per heavy atom. The lowest BCUT2D eigenvalue weighted by Crippen LogP contribution is -2.39. The number of hydrogen-bond donors (Lipinski definition) is 1. The van der Waals surface area contributed by atoms with Crippen molar-refractivity contribution in [3.05, 3.63) is 38.5 Å². The molecule has 0 saturated heterocycles. The minimum Gasteiger partial charge on any atom is -0.357 e. The summed E-state index contributed by atoms with van der Waals surface area (Å²) in [6, 6.07) is 4.29. The highest BCUT2D eigenvalue weighted by Crippen LogP contribution is 2.13. The number of thiophene rings is 1. The second kappa shape index (κ2) is 8.14. The molecule has 0 fully saturated rings. The molecule has 0 bridgehead atoms. The van der Waals surface area contributed by atoms with Gasteiger partial charge in [0.05, 0.1) is 11.6 Å². The van der Waals surface area contributed by atoms with E-state index >= 15 is 0 Å². The monoisotopic (exact) mass is 322 g/mol. The first kappa shape index (κ1) is 16.0. The molecule has 0 aliphatic heterocycles. The van der Waals surface area contributed by atoms with E-state index in [4.69, 9.17) is 4.99 Å². The van der Waals surface area contributed by atoms with E-state index in [0.717, 1.165) is 30.5 Å². The minimum absolute atomic E-state index is 0.692. The number of thiazole rings is 1. The van der Waals surface area contributed by atoms with E-state index in [1.807, 2.05) is 24.5 Å². The molecular formula is C15H22N4S2. The number of aliphatic imine (C=N–C) groups is 1. The third-order valence-electron chi connectivity index (χ3n) is 3.02. The smallest absolute Gasteiger partial charge is 0.194 e. The van der Waals surface area contributed by atoms with Gasteiger partial charge in [0, 0.05) is 36.1 Å². The summed E-state index contributed by atoms with van der Waals surface area (Å²) in [7, 11) is 2.09. The molecular weight excluding hydrogens is 300 g/mol. The Bertz CT molecular complexity index is 560. The molecule has 6 heteroatoms. The van der Waals surface area contributed by atoms with Crippen molar-refractivity contribution < 1.29 is 0 Å². The molecule has 0 saturated carbocycles. The Hall–Kier alpha value is -1.40. The van der Waals surface area contributed by atoms with Crippen LogP contribution >= 0.6 is 22.7 Å². The van der Waals surface area contributed by atoms with Crippen molar-refractivity contribution in [1.29, 1.82) is 0 Å². The van der Waals surface area contributed by atoms with Crippen molar-refractivity contribution in [3.8, 4) is 0 Å². The van der Waals surface area contributed by atoms with Gasteiger partial charge in [-0.25, -0.2) is 9.98 Å². The first-order valence-corrected chi connectivity index (χ1v) is 8.81. The summed E-state index contributed by atoms with van der Waals surface area (Å²) >= 11 is 3.52. The van der Waals surface area contributed by atoms with Crippen LogP contribution in [-0.2, 0) is 13.0 Å². The minimum atomic E-state index is 0.692. The van der Waals surface area contributed by atoms with Crippen molar-refractivity contribution in [2.75, 3.05) is 20.1 Å². The van der Waals surface area contributed by atoms with Crippen LogP contribution in [0.1, 0.15) is 21.7 Å². The number of aryl methyl sites for hydroxylation is 1. The Morgan fingerprint density at radius 1 is 1.43 bits per heavy atom. The molecule has 0 atom stereocenters. The fraction of sp³-hybridized carbons (Fsp3) is 0.467. The second-order valence-electron chi connectivity index (χ2n) is 4.77. The lowest BCUT2D eigenvalue weighted by molar-refractivity contribution is 0.487. The van der Waals surface area contributed by atoms with Gasteiger partial charge in [0.2, 0.25) is 0 Å². The van der Waals surface area contributed by atoms with Crippen LogP contribution in [-0.4, -0.2) is 36.0 Å². The van der Waals surface area contributed by atoms with Gasteiger partial charge in [0.1, 0.15) is 0 Å². The van der Waals surface area contributed by atoms with Gasteiger partial charge in [0.25, 0.3) is 0 Å². The zero-order valence-electron chi connectivity index (χ0n) is 12.8. The predicted octanol–water partition coefficient (Wildman–Crippen LogP) is 3.15. The molecule has 2 rings (SSSR count). The van der Waals surface area contributed by atoms with E-state index in [1.165, 1.54) is 9.75 Å². The number of guanidine groups is 1. The molecule has 2 aromatic heterocycles. The Morgan fingerprint density at radius 2 is 2.29 bits per heavy atom. The molecule has 2 heterocycles. The number of rotatable bonds is 6. The molecule has 2 aromatic rings. The van der Waals surface area contributed by atoms with Crippen LogP contribution in [0, 0.1) is 6.92 Å². The molecule has 0 amide bonds. The standard InChI is InChI=1S/C15H22N4S2/c1-4-16-15(18-11-14-10-17-12(2)21-14)19(3)8-7-13-6-5-9-20-13/h5-6,9-10H,4,7-8,11H2,1-3H3,(H,16,18). The molecule has 0 aliphatic rings. The van der Waals surface area contributed by atoms with Crippen LogP contribution < -0.4 is 5.32 Å². The predicted molar refractivity (Wildman–Crippen MR) is 92.3 cm³/mol. The van der Waals surface area contributed by atoms with Crippen molar-refractivity contribution in [1.82, 2.24) is 15.2 Å². The van der Waals surface area contributed by atoms with Gasteiger partial charge in [0.15, 0.2) is 5.96 Å². The molecule has 4 nitrogen and oxygen atoms in total. The third kappa shape index (κ3) is 5.13. The van der Waals surface area contributed by atoms with Crippen molar-refractivity contribution in [2.24, 2.45) is 4.99 Å². The van der Waals surface area contributed by atoms with Crippen molar-refractivity contribution in [3.63, 3.8) is 0 Å². The van der Waals surface area contributed by atoms with E-state index in [9.17, 15) is 0 Å². The first-order valence-electron chi connectivity index (χ1n) is 7.12. The lowest BCUT2D eigenvalue weighted by Gasteiger charge is -2.21. The molecule has 0 spiro atoms. The van der Waals surface area contributed by atoms with Crippen LogP contribution in [0.4, 0.5) is 0 Å². The summed E-state index contributed by atoms with van der Waals surface area (Å²) < 4.78 is 0. The summed E-state index contributed by atoms with van der Waals surface area (Å²) in [6.07, 6.45) is 2.97. The lowest BCUT2D eigenvalue weighted by atomic mass is 10.3. The van der Waals surface area contributed by atoms with E-state index in [1.54, 1.807) is 11.3 Å². The normalized spacial score (nSPS) is 11.7. The average Bonchev–Trinajstić information content (AvgIpc) is 3.12. The largest absolute Gasteiger partial charge is 0.357 e. The molecule has 0 unspecified atom stereocenters. The maximum Gasteiger partial charge on any atom is 0.194 e. The van der Waals surface area contributed by atoms with E-state index in [0.29, 0.717) is 6.54 Å². The number of nitrogens with zero attached hydrogens (tertiary/aromatic N) is 3. The fourth-order valence-electron chi connectivity index (χ4n) is 1.94. The van der Waals surface area contributed by atoms with Crippen LogP contribution in [0.25, 0.3) is 0 Å². The first-order chi connectivity index (χ1) is 10.2. The SMILES string of the molecule is CCNC(=NCc1cnc(C)s1)N(C)CCc1cccs1. The van der Waals surface area contributed by atoms with E-state index < -0.39 is 0 Å². The van der Waals surface area contributed by atoms with Crippen molar-refractivity contribution >= 4 is 28.6 Å². The van der Waals surface area contributed by atoms with Gasteiger partial charge >= 0.3 is 0 Å². The molecule has 1 N–H and O–H groups in total. The summed E-state index contributed by atoms with van der Waals surface area (Å²) in [5.41, 5.74) is 0. The third-order valence-corrected chi connectivity index (χ3v) is 4.86. The van der Waals surface area contributed by atoms with Crippen LogP contribution in [0.2, 0.25) is 0 Å². The highest BCUT2D eigenvalue weighted by Gasteiger charge is 2.06. The summed E-state index contributed by atoms with van der Waals surface area (Å²) in [4.78, 5) is 13.8. The second-order valence-corrected chi connectivity index (χ2v) is 7.12.